The number of ether oxygens (including phenoxy) is 1. The van der Waals surface area contributed by atoms with Crippen molar-refractivity contribution >= 4 is 39.6 Å². The second-order valence-electron chi connectivity index (χ2n) is 7.76. The summed E-state index contributed by atoms with van der Waals surface area (Å²) in [6.45, 7) is 6.41. The molecule has 1 N–H and O–H groups in total. The van der Waals surface area contributed by atoms with Crippen molar-refractivity contribution in [2.24, 2.45) is 11.3 Å². The van der Waals surface area contributed by atoms with E-state index >= 15 is 0 Å². The highest BCUT2D eigenvalue weighted by molar-refractivity contribution is 7.14. The molecule has 5 nitrogen and oxygen atoms in total. The van der Waals surface area contributed by atoms with E-state index in [0.29, 0.717) is 21.4 Å². The molecule has 0 saturated carbocycles. The van der Waals surface area contributed by atoms with Crippen LogP contribution in [-0.2, 0) is 22.4 Å². The molecule has 1 amide bonds. The molecule has 1 aliphatic rings. The number of anilines is 1. The number of hydrogen-bond donors (Lipinski definition) is 1. The zero-order valence-electron chi connectivity index (χ0n) is 15.6. The summed E-state index contributed by atoms with van der Waals surface area (Å²) in [5.41, 5.74) is 1.89. The van der Waals surface area contributed by atoms with E-state index in [2.05, 4.69) is 26.1 Å². The summed E-state index contributed by atoms with van der Waals surface area (Å²) in [4.78, 5) is 26.1. The van der Waals surface area contributed by atoms with Crippen molar-refractivity contribution in [1.29, 1.82) is 5.26 Å². The number of rotatable bonds is 4. The van der Waals surface area contributed by atoms with Crippen LogP contribution in [0.25, 0.3) is 0 Å². The molecular formula is C20H22N2O3S2. The van der Waals surface area contributed by atoms with Crippen molar-refractivity contribution in [2.45, 2.75) is 40.0 Å². The van der Waals surface area contributed by atoms with Crippen LogP contribution in [0, 0.1) is 22.7 Å². The zero-order chi connectivity index (χ0) is 19.6. The number of hydrogen-bond acceptors (Lipinski definition) is 6. The van der Waals surface area contributed by atoms with Crippen LogP contribution in [0.1, 0.15) is 52.9 Å². The van der Waals surface area contributed by atoms with Crippen LogP contribution in [0.3, 0.4) is 0 Å². The minimum atomic E-state index is -0.469. The molecule has 0 radical (unpaired) electrons. The SMILES string of the molecule is CC(C)(C)C1CCc2sc(C(=O)OCC(=O)Nc3sccc3C#N)cc2C1. The first-order chi connectivity index (χ1) is 12.8. The predicted molar refractivity (Wildman–Crippen MR) is 107 cm³/mol. The van der Waals surface area contributed by atoms with Gasteiger partial charge >= 0.3 is 5.97 Å². The molecule has 2 aromatic heterocycles. The lowest BCUT2D eigenvalue weighted by Crippen LogP contribution is -2.26. The van der Waals surface area contributed by atoms with E-state index in [1.54, 1.807) is 11.4 Å². The normalized spacial score (nSPS) is 16.3. The fraction of sp³-hybridized carbons (Fsp3) is 0.450. The summed E-state index contributed by atoms with van der Waals surface area (Å²) in [7, 11) is 0. The van der Waals surface area contributed by atoms with Gasteiger partial charge < -0.3 is 10.1 Å². The van der Waals surface area contributed by atoms with Crippen LogP contribution in [0.4, 0.5) is 5.00 Å². The Morgan fingerprint density at radius 3 is 2.89 bits per heavy atom. The maximum absolute atomic E-state index is 12.3. The summed E-state index contributed by atoms with van der Waals surface area (Å²) in [5, 5.41) is 13.8. The maximum atomic E-state index is 12.3. The third-order valence-corrected chi connectivity index (χ3v) is 6.93. The van der Waals surface area contributed by atoms with Gasteiger partial charge in [-0.2, -0.15) is 5.26 Å². The monoisotopic (exact) mass is 402 g/mol. The molecule has 1 unspecified atom stereocenters. The van der Waals surface area contributed by atoms with E-state index in [4.69, 9.17) is 10.00 Å². The first-order valence-electron chi connectivity index (χ1n) is 8.84. The molecule has 0 bridgehead atoms. The molecule has 2 aromatic rings. The predicted octanol–water partition coefficient (Wildman–Crippen LogP) is 4.63. The molecule has 1 aliphatic carbocycles. The molecule has 7 heteroatoms. The summed E-state index contributed by atoms with van der Waals surface area (Å²) in [5.74, 6) is -0.311. The van der Waals surface area contributed by atoms with Gasteiger partial charge in [0.05, 0.1) is 5.56 Å². The first kappa shape index (κ1) is 19.6. The second kappa shape index (κ2) is 7.83. The number of esters is 1. The van der Waals surface area contributed by atoms with Crippen molar-refractivity contribution in [2.75, 3.05) is 11.9 Å². The van der Waals surface area contributed by atoms with Gasteiger partial charge in [-0.15, -0.1) is 22.7 Å². The molecule has 0 aliphatic heterocycles. The van der Waals surface area contributed by atoms with E-state index in [-0.39, 0.29) is 12.0 Å². The van der Waals surface area contributed by atoms with E-state index in [0.717, 1.165) is 19.3 Å². The van der Waals surface area contributed by atoms with Crippen LogP contribution in [0.5, 0.6) is 0 Å². The van der Waals surface area contributed by atoms with Gasteiger partial charge in [0, 0.05) is 4.88 Å². The van der Waals surface area contributed by atoms with Gasteiger partial charge in [-0.05, 0) is 53.7 Å². The Balaban J connectivity index is 1.57. The number of carbonyl (C=O) groups excluding carboxylic acids is 2. The van der Waals surface area contributed by atoms with Crippen LogP contribution in [0.2, 0.25) is 0 Å². The molecule has 2 heterocycles. The quantitative estimate of drug-likeness (QED) is 0.756. The number of aryl methyl sites for hydroxylation is 1. The number of carbonyl (C=O) groups is 2. The number of thiophene rings is 2. The standard InChI is InChI=1S/C20H22N2O3S2/c1-20(2,3)14-4-5-15-13(8-14)9-16(27-15)19(24)25-11-17(23)22-18-12(10-21)6-7-26-18/h6-7,9,14H,4-5,8,11H2,1-3H3,(H,22,23). The zero-order valence-corrected chi connectivity index (χ0v) is 17.3. The Bertz CT molecular complexity index is 899. The van der Waals surface area contributed by atoms with Gasteiger partial charge in [-0.1, -0.05) is 20.8 Å². The topological polar surface area (TPSA) is 79.2 Å². The Morgan fingerprint density at radius 2 is 2.19 bits per heavy atom. The van der Waals surface area contributed by atoms with Gasteiger partial charge in [0.1, 0.15) is 15.9 Å². The second-order valence-corrected chi connectivity index (χ2v) is 9.82. The van der Waals surface area contributed by atoms with Crippen molar-refractivity contribution in [1.82, 2.24) is 0 Å². The van der Waals surface area contributed by atoms with Crippen LogP contribution in [0.15, 0.2) is 17.5 Å². The molecular weight excluding hydrogens is 380 g/mol. The van der Waals surface area contributed by atoms with Crippen molar-refractivity contribution in [3.05, 3.63) is 38.4 Å². The highest BCUT2D eigenvalue weighted by Crippen LogP contribution is 2.40. The van der Waals surface area contributed by atoms with E-state index in [1.807, 2.05) is 12.1 Å². The van der Waals surface area contributed by atoms with Gasteiger partial charge in [-0.3, -0.25) is 4.79 Å². The summed E-state index contributed by atoms with van der Waals surface area (Å²) in [6.07, 6.45) is 3.11. The lowest BCUT2D eigenvalue weighted by atomic mass is 9.72. The molecule has 142 valence electrons. The summed E-state index contributed by atoms with van der Waals surface area (Å²) in [6, 6.07) is 5.56. The Hall–Kier alpha value is -2.17. The molecule has 1 atom stereocenters. The van der Waals surface area contributed by atoms with Gasteiger partial charge in [-0.25, -0.2) is 4.79 Å². The highest BCUT2D eigenvalue weighted by atomic mass is 32.1. The summed E-state index contributed by atoms with van der Waals surface area (Å²) < 4.78 is 5.17. The molecule has 27 heavy (non-hydrogen) atoms. The Kier molecular flexibility index (Phi) is 5.68. The van der Waals surface area contributed by atoms with E-state index in [1.165, 1.54) is 33.1 Å². The van der Waals surface area contributed by atoms with Crippen LogP contribution in [-0.4, -0.2) is 18.5 Å². The number of amides is 1. The third kappa shape index (κ3) is 4.57. The average molecular weight is 403 g/mol. The third-order valence-electron chi connectivity index (χ3n) is 4.88. The Morgan fingerprint density at radius 1 is 1.41 bits per heavy atom. The summed E-state index contributed by atoms with van der Waals surface area (Å²) >= 11 is 2.73. The molecule has 3 rings (SSSR count). The minimum absolute atomic E-state index is 0.252. The van der Waals surface area contributed by atoms with Gasteiger partial charge in [0.25, 0.3) is 5.91 Å². The van der Waals surface area contributed by atoms with Crippen molar-refractivity contribution in [3.8, 4) is 6.07 Å². The van der Waals surface area contributed by atoms with Gasteiger partial charge in [0.2, 0.25) is 0 Å². The minimum Gasteiger partial charge on any atom is -0.451 e. The first-order valence-corrected chi connectivity index (χ1v) is 10.5. The lowest BCUT2D eigenvalue weighted by Gasteiger charge is -2.33. The Labute approximate surface area is 167 Å². The molecule has 0 aromatic carbocycles. The lowest BCUT2D eigenvalue weighted by molar-refractivity contribution is -0.119. The maximum Gasteiger partial charge on any atom is 0.348 e. The van der Waals surface area contributed by atoms with Gasteiger partial charge in [0.15, 0.2) is 6.61 Å². The van der Waals surface area contributed by atoms with E-state index in [9.17, 15) is 9.59 Å². The average Bonchev–Trinajstić information content (AvgIpc) is 3.24. The fourth-order valence-electron chi connectivity index (χ4n) is 3.22. The molecule has 0 saturated heterocycles. The van der Waals surface area contributed by atoms with E-state index < -0.39 is 11.9 Å². The van der Waals surface area contributed by atoms with Crippen molar-refractivity contribution in [3.63, 3.8) is 0 Å². The van der Waals surface area contributed by atoms with Crippen LogP contribution < -0.4 is 5.32 Å². The highest BCUT2D eigenvalue weighted by Gasteiger charge is 2.30. The largest absolute Gasteiger partial charge is 0.451 e. The molecule has 0 spiro atoms. The smallest absolute Gasteiger partial charge is 0.348 e. The number of nitrogens with one attached hydrogen (secondary N) is 1. The number of fused-ring (bicyclic) bond motifs is 1. The fourth-order valence-corrected chi connectivity index (χ4v) is 5.08. The van der Waals surface area contributed by atoms with Crippen LogP contribution >= 0.6 is 22.7 Å². The van der Waals surface area contributed by atoms with Crippen molar-refractivity contribution < 1.29 is 14.3 Å². The number of nitrogens with zero attached hydrogens (tertiary/aromatic N) is 1. The molecule has 0 fully saturated rings. The number of nitriles is 1.